The van der Waals surface area contributed by atoms with Crippen LogP contribution in [0, 0.1) is 6.92 Å². The summed E-state index contributed by atoms with van der Waals surface area (Å²) in [5, 5.41) is 0. The molecule has 0 fully saturated rings. The van der Waals surface area contributed by atoms with Gasteiger partial charge in [-0.2, -0.15) is 0 Å². The Morgan fingerprint density at radius 1 is 1.50 bits per heavy atom. The van der Waals surface area contributed by atoms with Crippen molar-refractivity contribution in [3.63, 3.8) is 0 Å². The number of rotatable bonds is 1. The predicted molar refractivity (Wildman–Crippen MR) is 40.1 cm³/mol. The summed E-state index contributed by atoms with van der Waals surface area (Å²) >= 11 is 0. The average Bonchev–Trinajstić information content (AvgIpc) is 1.88. The number of hydrogen-bond acceptors (Lipinski definition) is 3. The molecule has 3 nitrogen and oxygen atoms in total. The third kappa shape index (κ3) is 1.32. The Morgan fingerprint density at radius 3 is 2.60 bits per heavy atom. The minimum atomic E-state index is -0.409. The van der Waals surface area contributed by atoms with Crippen LogP contribution in [0.25, 0.3) is 0 Å². The van der Waals surface area contributed by atoms with Crippen LogP contribution in [0.3, 0.4) is 0 Å². The summed E-state index contributed by atoms with van der Waals surface area (Å²) in [6, 6.07) is 3.71. The fourth-order valence-corrected chi connectivity index (χ4v) is 0.849. The first-order valence-electron chi connectivity index (χ1n) is 3.14. The Morgan fingerprint density at radius 2 is 2.20 bits per heavy atom. The van der Waals surface area contributed by atoms with E-state index in [1.54, 1.807) is 6.20 Å². The van der Waals surface area contributed by atoms with Crippen LogP contribution in [0.15, 0.2) is 18.3 Å². The van der Waals surface area contributed by atoms with Gasteiger partial charge in [-0.25, -0.2) is 0 Å². The highest BCUT2D eigenvalue weighted by atomic mass is 14.9. The molecular weight excluding hydrogens is 126 g/mol. The molecule has 3 heteroatoms. The SMILES string of the molecule is Cc1ncccc1C(N)N. The van der Waals surface area contributed by atoms with Crippen LogP contribution in [-0.2, 0) is 0 Å². The van der Waals surface area contributed by atoms with Crippen LogP contribution in [0.4, 0.5) is 0 Å². The number of hydrogen-bond donors (Lipinski definition) is 2. The van der Waals surface area contributed by atoms with Gasteiger partial charge in [0.15, 0.2) is 0 Å². The van der Waals surface area contributed by atoms with Gasteiger partial charge in [-0.05, 0) is 13.0 Å². The van der Waals surface area contributed by atoms with Crippen LogP contribution in [0.1, 0.15) is 17.4 Å². The van der Waals surface area contributed by atoms with Gasteiger partial charge in [0.25, 0.3) is 0 Å². The number of aromatic nitrogens is 1. The highest BCUT2D eigenvalue weighted by Gasteiger charge is 2.01. The monoisotopic (exact) mass is 137 g/mol. The van der Waals surface area contributed by atoms with Gasteiger partial charge >= 0.3 is 0 Å². The van der Waals surface area contributed by atoms with Gasteiger partial charge in [0.2, 0.25) is 0 Å². The molecule has 0 aliphatic heterocycles. The first-order chi connectivity index (χ1) is 4.72. The topological polar surface area (TPSA) is 64.9 Å². The van der Waals surface area contributed by atoms with Crippen molar-refractivity contribution < 1.29 is 0 Å². The number of nitrogens with zero attached hydrogens (tertiary/aromatic N) is 1. The maximum Gasteiger partial charge on any atom is 0.0802 e. The Balaban J connectivity index is 3.03. The molecule has 0 saturated carbocycles. The van der Waals surface area contributed by atoms with E-state index < -0.39 is 6.17 Å². The molecule has 0 radical (unpaired) electrons. The fraction of sp³-hybridized carbons (Fsp3) is 0.286. The molecular formula is C7H11N3. The van der Waals surface area contributed by atoms with Crippen molar-refractivity contribution in [1.82, 2.24) is 4.98 Å². The van der Waals surface area contributed by atoms with E-state index in [0.29, 0.717) is 0 Å². The zero-order chi connectivity index (χ0) is 7.56. The fourth-order valence-electron chi connectivity index (χ4n) is 0.849. The Bertz CT molecular complexity index is 220. The molecule has 0 saturated heterocycles. The second-order valence-corrected chi connectivity index (χ2v) is 2.20. The highest BCUT2D eigenvalue weighted by Crippen LogP contribution is 2.06. The molecule has 0 atom stereocenters. The quantitative estimate of drug-likeness (QED) is 0.547. The molecule has 0 spiro atoms. The van der Waals surface area contributed by atoms with Crippen LogP contribution in [-0.4, -0.2) is 4.98 Å². The lowest BCUT2D eigenvalue weighted by Gasteiger charge is -2.06. The second-order valence-electron chi connectivity index (χ2n) is 2.20. The van der Waals surface area contributed by atoms with Gasteiger partial charge in [-0.15, -0.1) is 0 Å². The molecule has 0 aliphatic carbocycles. The van der Waals surface area contributed by atoms with Crippen molar-refractivity contribution in [2.24, 2.45) is 11.5 Å². The van der Waals surface area contributed by atoms with Crippen molar-refractivity contribution in [3.05, 3.63) is 29.6 Å². The minimum absolute atomic E-state index is 0.409. The zero-order valence-electron chi connectivity index (χ0n) is 5.91. The van der Waals surface area contributed by atoms with Crippen LogP contribution in [0.2, 0.25) is 0 Å². The zero-order valence-corrected chi connectivity index (χ0v) is 5.91. The molecule has 1 rings (SSSR count). The highest BCUT2D eigenvalue weighted by molar-refractivity contribution is 5.20. The molecule has 0 aromatic carbocycles. The third-order valence-corrected chi connectivity index (χ3v) is 1.41. The molecule has 1 aromatic rings. The largest absolute Gasteiger partial charge is 0.312 e. The summed E-state index contributed by atoms with van der Waals surface area (Å²) in [4.78, 5) is 4.04. The summed E-state index contributed by atoms with van der Waals surface area (Å²) in [7, 11) is 0. The molecule has 0 aliphatic rings. The molecule has 54 valence electrons. The van der Waals surface area contributed by atoms with E-state index in [9.17, 15) is 0 Å². The van der Waals surface area contributed by atoms with Crippen LogP contribution >= 0.6 is 0 Å². The van der Waals surface area contributed by atoms with E-state index in [2.05, 4.69) is 4.98 Å². The van der Waals surface area contributed by atoms with Crippen molar-refractivity contribution in [3.8, 4) is 0 Å². The van der Waals surface area contributed by atoms with Gasteiger partial charge in [0.1, 0.15) is 0 Å². The Hall–Kier alpha value is -0.930. The maximum absolute atomic E-state index is 5.45. The lowest BCUT2D eigenvalue weighted by Crippen LogP contribution is -2.21. The lowest BCUT2D eigenvalue weighted by atomic mass is 10.2. The molecule has 0 amide bonds. The minimum Gasteiger partial charge on any atom is -0.312 e. The van der Waals surface area contributed by atoms with E-state index in [-0.39, 0.29) is 0 Å². The molecule has 0 bridgehead atoms. The Kier molecular flexibility index (Phi) is 1.99. The van der Waals surface area contributed by atoms with Crippen LogP contribution in [0.5, 0.6) is 0 Å². The standard InChI is InChI=1S/C7H11N3/c1-5-6(7(8)9)3-2-4-10-5/h2-4,7H,8-9H2,1H3. The molecule has 1 heterocycles. The van der Waals surface area contributed by atoms with E-state index >= 15 is 0 Å². The van der Waals surface area contributed by atoms with Crippen molar-refractivity contribution in [2.75, 3.05) is 0 Å². The summed E-state index contributed by atoms with van der Waals surface area (Å²) in [6.45, 7) is 1.89. The van der Waals surface area contributed by atoms with E-state index in [4.69, 9.17) is 11.5 Å². The lowest BCUT2D eigenvalue weighted by molar-refractivity contribution is 0.759. The predicted octanol–water partition coefficient (Wildman–Crippen LogP) is 0.306. The van der Waals surface area contributed by atoms with Crippen molar-refractivity contribution in [2.45, 2.75) is 13.1 Å². The van der Waals surface area contributed by atoms with Crippen molar-refractivity contribution >= 4 is 0 Å². The summed E-state index contributed by atoms with van der Waals surface area (Å²) in [5.74, 6) is 0. The number of aryl methyl sites for hydroxylation is 1. The van der Waals surface area contributed by atoms with Gasteiger partial charge in [0, 0.05) is 17.5 Å². The number of nitrogens with two attached hydrogens (primary N) is 2. The molecule has 0 unspecified atom stereocenters. The van der Waals surface area contributed by atoms with Crippen LogP contribution < -0.4 is 11.5 Å². The normalized spacial score (nSPS) is 10.4. The third-order valence-electron chi connectivity index (χ3n) is 1.41. The maximum atomic E-state index is 5.45. The van der Waals surface area contributed by atoms with Gasteiger partial charge in [-0.3, -0.25) is 4.98 Å². The van der Waals surface area contributed by atoms with Gasteiger partial charge in [0.05, 0.1) is 6.17 Å². The average molecular weight is 137 g/mol. The summed E-state index contributed by atoms with van der Waals surface area (Å²) in [6.07, 6.45) is 1.31. The summed E-state index contributed by atoms with van der Waals surface area (Å²) in [5.41, 5.74) is 12.7. The first-order valence-corrected chi connectivity index (χ1v) is 3.14. The van der Waals surface area contributed by atoms with E-state index in [0.717, 1.165) is 11.3 Å². The Labute approximate surface area is 60.1 Å². The smallest absolute Gasteiger partial charge is 0.0802 e. The van der Waals surface area contributed by atoms with Gasteiger partial charge < -0.3 is 11.5 Å². The molecule has 4 N–H and O–H groups in total. The molecule has 1 aromatic heterocycles. The van der Waals surface area contributed by atoms with Crippen molar-refractivity contribution in [1.29, 1.82) is 0 Å². The summed E-state index contributed by atoms with van der Waals surface area (Å²) < 4.78 is 0. The first kappa shape index (κ1) is 7.18. The van der Waals surface area contributed by atoms with E-state index in [1.807, 2.05) is 19.1 Å². The second kappa shape index (κ2) is 2.77. The van der Waals surface area contributed by atoms with Gasteiger partial charge in [-0.1, -0.05) is 6.07 Å². The number of pyridine rings is 1. The molecule has 10 heavy (non-hydrogen) atoms. The van der Waals surface area contributed by atoms with E-state index in [1.165, 1.54) is 0 Å².